The van der Waals surface area contributed by atoms with Gasteiger partial charge in [0.05, 0.1) is 11.0 Å². The monoisotopic (exact) mass is 371 g/mol. The molecule has 0 bridgehead atoms. The number of ether oxygens (including phenoxy) is 1. The molecule has 0 atom stereocenters. The van der Waals surface area contributed by atoms with E-state index in [9.17, 15) is 4.79 Å². The maximum Gasteiger partial charge on any atom is 0.262 e. The zero-order valence-electron chi connectivity index (χ0n) is 15.8. The van der Waals surface area contributed by atoms with Gasteiger partial charge < -0.3 is 15.0 Å². The van der Waals surface area contributed by atoms with E-state index in [1.165, 1.54) is 0 Å². The molecule has 0 saturated carbocycles. The van der Waals surface area contributed by atoms with Gasteiger partial charge in [0.1, 0.15) is 11.6 Å². The third-order valence-electron chi connectivity index (χ3n) is 4.70. The molecule has 5 nitrogen and oxygen atoms in total. The second-order valence-corrected chi connectivity index (χ2v) is 6.68. The van der Waals surface area contributed by atoms with E-state index in [2.05, 4.69) is 15.3 Å². The Morgan fingerprint density at radius 2 is 1.79 bits per heavy atom. The molecule has 0 fully saturated rings. The first-order chi connectivity index (χ1) is 13.6. The van der Waals surface area contributed by atoms with Crippen LogP contribution in [0.15, 0.2) is 66.7 Å². The lowest BCUT2D eigenvalue weighted by Gasteiger charge is -2.12. The van der Waals surface area contributed by atoms with E-state index >= 15 is 0 Å². The zero-order valence-corrected chi connectivity index (χ0v) is 15.8. The van der Waals surface area contributed by atoms with Crippen molar-refractivity contribution in [3.63, 3.8) is 0 Å². The summed E-state index contributed by atoms with van der Waals surface area (Å²) in [5.41, 5.74) is 5.55. The number of H-pyrrole nitrogens is 1. The van der Waals surface area contributed by atoms with Gasteiger partial charge in [0.2, 0.25) is 0 Å². The number of nitrogens with one attached hydrogen (secondary N) is 2. The molecule has 4 rings (SSSR count). The summed E-state index contributed by atoms with van der Waals surface area (Å²) in [6, 6.07) is 21.3. The summed E-state index contributed by atoms with van der Waals surface area (Å²) in [6.07, 6.45) is 0. The Balaban J connectivity index is 1.52. The molecule has 1 heterocycles. The number of hydrogen-bond acceptors (Lipinski definition) is 3. The molecule has 0 aliphatic carbocycles. The lowest BCUT2D eigenvalue weighted by Crippen LogP contribution is -2.21. The number of imidazole rings is 1. The molecule has 0 saturated heterocycles. The van der Waals surface area contributed by atoms with Crippen molar-refractivity contribution < 1.29 is 9.53 Å². The van der Waals surface area contributed by atoms with Crippen LogP contribution in [0.3, 0.4) is 0 Å². The number of aromatic nitrogens is 2. The quantitative estimate of drug-likeness (QED) is 0.526. The minimum Gasteiger partial charge on any atom is -0.483 e. The van der Waals surface area contributed by atoms with Crippen LogP contribution < -0.4 is 10.1 Å². The topological polar surface area (TPSA) is 67.0 Å². The number of benzene rings is 3. The average molecular weight is 371 g/mol. The molecule has 2 N–H and O–H groups in total. The smallest absolute Gasteiger partial charge is 0.262 e. The number of fused-ring (bicyclic) bond motifs is 1. The van der Waals surface area contributed by atoms with Crippen LogP contribution >= 0.6 is 0 Å². The highest BCUT2D eigenvalue weighted by atomic mass is 16.5. The molecule has 3 aromatic carbocycles. The van der Waals surface area contributed by atoms with Gasteiger partial charge in [-0.05, 0) is 49.2 Å². The Labute approximate surface area is 163 Å². The summed E-state index contributed by atoms with van der Waals surface area (Å²) in [5, 5.41) is 2.94. The number of anilines is 1. The minimum absolute atomic E-state index is 0.0425. The van der Waals surface area contributed by atoms with Gasteiger partial charge in [0.25, 0.3) is 5.91 Å². The molecule has 0 unspecified atom stereocenters. The second-order valence-electron chi connectivity index (χ2n) is 6.68. The number of amides is 1. The van der Waals surface area contributed by atoms with Crippen molar-refractivity contribution in [2.75, 3.05) is 11.9 Å². The first-order valence-corrected chi connectivity index (χ1v) is 9.15. The highest BCUT2D eigenvalue weighted by Gasteiger charge is 2.12. The van der Waals surface area contributed by atoms with Gasteiger partial charge in [-0.2, -0.15) is 0 Å². The third kappa shape index (κ3) is 3.60. The van der Waals surface area contributed by atoms with E-state index in [1.54, 1.807) is 0 Å². The number of aromatic amines is 1. The van der Waals surface area contributed by atoms with E-state index in [0.29, 0.717) is 5.75 Å². The van der Waals surface area contributed by atoms with E-state index in [4.69, 9.17) is 4.74 Å². The van der Waals surface area contributed by atoms with Gasteiger partial charge in [0.15, 0.2) is 6.61 Å². The van der Waals surface area contributed by atoms with Crippen molar-refractivity contribution >= 4 is 22.6 Å². The minimum atomic E-state index is -0.201. The maximum atomic E-state index is 12.4. The van der Waals surface area contributed by atoms with Crippen molar-refractivity contribution in [2.45, 2.75) is 13.8 Å². The van der Waals surface area contributed by atoms with E-state index < -0.39 is 0 Å². The Morgan fingerprint density at radius 3 is 2.61 bits per heavy atom. The largest absolute Gasteiger partial charge is 0.483 e. The summed E-state index contributed by atoms with van der Waals surface area (Å²) in [4.78, 5) is 20.4. The van der Waals surface area contributed by atoms with Crippen LogP contribution in [0.1, 0.15) is 11.1 Å². The van der Waals surface area contributed by atoms with E-state index in [1.807, 2.05) is 80.6 Å². The molecule has 140 valence electrons. The van der Waals surface area contributed by atoms with Crippen molar-refractivity contribution in [1.82, 2.24) is 9.97 Å². The van der Waals surface area contributed by atoms with Crippen LogP contribution in [0.2, 0.25) is 0 Å². The Hall–Kier alpha value is -3.60. The summed E-state index contributed by atoms with van der Waals surface area (Å²) < 4.78 is 5.63. The van der Waals surface area contributed by atoms with Crippen molar-refractivity contribution in [1.29, 1.82) is 0 Å². The SMILES string of the molecule is Cc1ccccc1OCC(=O)Nc1cccc(-c2nc3ccccc3[nH]2)c1C. The van der Waals surface area contributed by atoms with Gasteiger partial charge in [-0.25, -0.2) is 4.98 Å². The normalized spacial score (nSPS) is 10.8. The van der Waals surface area contributed by atoms with Crippen molar-refractivity contribution in [3.05, 3.63) is 77.9 Å². The molecular weight excluding hydrogens is 350 g/mol. The molecule has 1 amide bonds. The number of nitrogens with zero attached hydrogens (tertiary/aromatic N) is 1. The number of carbonyl (C=O) groups excluding carboxylic acids is 1. The van der Waals surface area contributed by atoms with Crippen LogP contribution in [0, 0.1) is 13.8 Å². The van der Waals surface area contributed by atoms with E-state index in [-0.39, 0.29) is 12.5 Å². The highest BCUT2D eigenvalue weighted by Crippen LogP contribution is 2.28. The predicted octanol–water partition coefficient (Wildman–Crippen LogP) is 4.86. The molecular formula is C23H21N3O2. The third-order valence-corrected chi connectivity index (χ3v) is 4.70. The molecule has 0 aliphatic rings. The highest BCUT2D eigenvalue weighted by molar-refractivity contribution is 5.94. The van der Waals surface area contributed by atoms with Crippen molar-refractivity contribution in [2.24, 2.45) is 0 Å². The lowest BCUT2D eigenvalue weighted by atomic mass is 10.1. The Morgan fingerprint density at radius 1 is 1.00 bits per heavy atom. The first kappa shape index (κ1) is 17.8. The van der Waals surface area contributed by atoms with Crippen LogP contribution in [-0.4, -0.2) is 22.5 Å². The Bertz CT molecular complexity index is 1110. The maximum absolute atomic E-state index is 12.4. The van der Waals surface area contributed by atoms with E-state index in [0.717, 1.165) is 39.2 Å². The first-order valence-electron chi connectivity index (χ1n) is 9.15. The van der Waals surface area contributed by atoms with Crippen LogP contribution in [-0.2, 0) is 4.79 Å². The molecule has 5 heteroatoms. The number of rotatable bonds is 5. The van der Waals surface area contributed by atoms with Gasteiger partial charge in [-0.1, -0.05) is 42.5 Å². The zero-order chi connectivity index (χ0) is 19.5. The molecule has 1 aromatic heterocycles. The Kier molecular flexibility index (Phi) is 4.81. The molecule has 4 aromatic rings. The molecule has 0 radical (unpaired) electrons. The number of para-hydroxylation sites is 3. The summed E-state index contributed by atoms with van der Waals surface area (Å²) in [7, 11) is 0. The number of aryl methyl sites for hydroxylation is 1. The molecule has 0 aliphatic heterocycles. The second kappa shape index (κ2) is 7.56. The van der Waals surface area contributed by atoms with Gasteiger partial charge >= 0.3 is 0 Å². The number of carbonyl (C=O) groups is 1. The lowest BCUT2D eigenvalue weighted by molar-refractivity contribution is -0.118. The standard InChI is InChI=1S/C23H21N3O2/c1-15-8-3-6-13-21(15)28-14-22(27)24-18-12-7-9-17(16(18)2)23-25-19-10-4-5-11-20(19)26-23/h3-13H,14H2,1-2H3,(H,24,27)(H,25,26). The average Bonchev–Trinajstić information content (AvgIpc) is 3.13. The van der Waals surface area contributed by atoms with Crippen LogP contribution in [0.5, 0.6) is 5.75 Å². The van der Waals surface area contributed by atoms with Crippen LogP contribution in [0.25, 0.3) is 22.4 Å². The molecule has 0 spiro atoms. The van der Waals surface area contributed by atoms with Crippen LogP contribution in [0.4, 0.5) is 5.69 Å². The summed E-state index contributed by atoms with van der Waals surface area (Å²) in [6.45, 7) is 3.88. The fraction of sp³-hybridized carbons (Fsp3) is 0.130. The summed E-state index contributed by atoms with van der Waals surface area (Å²) in [5.74, 6) is 1.30. The molecule has 28 heavy (non-hydrogen) atoms. The van der Waals surface area contributed by atoms with Crippen molar-refractivity contribution in [3.8, 4) is 17.1 Å². The predicted molar refractivity (Wildman–Crippen MR) is 112 cm³/mol. The number of hydrogen-bond donors (Lipinski definition) is 2. The van der Waals surface area contributed by atoms with Gasteiger partial charge in [-0.3, -0.25) is 4.79 Å². The van der Waals surface area contributed by atoms with Gasteiger partial charge in [-0.15, -0.1) is 0 Å². The fourth-order valence-electron chi connectivity index (χ4n) is 3.16. The fourth-order valence-corrected chi connectivity index (χ4v) is 3.16. The summed E-state index contributed by atoms with van der Waals surface area (Å²) >= 11 is 0. The van der Waals surface area contributed by atoms with Gasteiger partial charge in [0, 0.05) is 11.3 Å².